The van der Waals surface area contributed by atoms with Crippen molar-refractivity contribution >= 4 is 5.91 Å². The molecule has 1 heterocycles. The van der Waals surface area contributed by atoms with E-state index in [-0.39, 0.29) is 17.4 Å². The Morgan fingerprint density at radius 3 is 2.75 bits per heavy atom. The van der Waals surface area contributed by atoms with Gasteiger partial charge in [-0.05, 0) is 36.5 Å². The lowest BCUT2D eigenvalue weighted by atomic mass is 9.87. The van der Waals surface area contributed by atoms with Crippen LogP contribution < -0.4 is 5.32 Å². The fourth-order valence-electron chi connectivity index (χ4n) is 3.12. The third kappa shape index (κ3) is 6.23. The van der Waals surface area contributed by atoms with Crippen molar-refractivity contribution in [2.24, 2.45) is 5.41 Å². The number of benzene rings is 1. The summed E-state index contributed by atoms with van der Waals surface area (Å²) in [5.41, 5.74) is 1.70. The second kappa shape index (κ2) is 8.60. The zero-order valence-corrected chi connectivity index (χ0v) is 15.0. The van der Waals surface area contributed by atoms with Gasteiger partial charge >= 0.3 is 0 Å². The highest BCUT2D eigenvalue weighted by Crippen LogP contribution is 2.21. The van der Waals surface area contributed by atoms with Crippen LogP contribution in [0.1, 0.15) is 43.1 Å². The van der Waals surface area contributed by atoms with Gasteiger partial charge in [0.15, 0.2) is 0 Å². The Balaban J connectivity index is 1.91. The summed E-state index contributed by atoms with van der Waals surface area (Å²) in [4.78, 5) is 14.8. The van der Waals surface area contributed by atoms with Gasteiger partial charge < -0.3 is 15.2 Å². The molecule has 1 atom stereocenters. The fraction of sp³-hybridized carbons (Fsp3) is 0.632. The van der Waals surface area contributed by atoms with E-state index in [0.29, 0.717) is 18.5 Å². The van der Waals surface area contributed by atoms with E-state index in [1.165, 1.54) is 0 Å². The molecule has 1 aliphatic heterocycles. The van der Waals surface area contributed by atoms with Crippen LogP contribution in [-0.4, -0.2) is 54.9 Å². The van der Waals surface area contributed by atoms with E-state index in [2.05, 4.69) is 30.1 Å². The molecule has 5 heteroatoms. The molecule has 1 aliphatic rings. The van der Waals surface area contributed by atoms with Gasteiger partial charge in [-0.15, -0.1) is 0 Å². The number of nitrogens with one attached hydrogen (secondary N) is 1. The Morgan fingerprint density at radius 1 is 1.38 bits per heavy atom. The minimum absolute atomic E-state index is 0.0579. The van der Waals surface area contributed by atoms with Crippen LogP contribution in [0, 0.1) is 5.41 Å². The number of carbonyl (C=O) groups excluding carboxylic acids is 1. The Morgan fingerprint density at radius 2 is 2.08 bits per heavy atom. The zero-order chi connectivity index (χ0) is 17.6. The van der Waals surface area contributed by atoms with E-state index < -0.39 is 0 Å². The van der Waals surface area contributed by atoms with Crippen molar-refractivity contribution in [1.29, 1.82) is 0 Å². The number of hydrogen-bond donors (Lipinski definition) is 2. The summed E-state index contributed by atoms with van der Waals surface area (Å²) in [5.74, 6) is -0.0579. The Kier molecular flexibility index (Phi) is 6.78. The highest BCUT2D eigenvalue weighted by atomic mass is 16.5. The summed E-state index contributed by atoms with van der Waals surface area (Å²) in [6.45, 7) is 10.7. The third-order valence-corrected chi connectivity index (χ3v) is 4.27. The molecule has 1 aromatic carbocycles. The van der Waals surface area contributed by atoms with Gasteiger partial charge in [-0.1, -0.05) is 26.0 Å². The van der Waals surface area contributed by atoms with Crippen LogP contribution in [0.15, 0.2) is 24.3 Å². The van der Waals surface area contributed by atoms with E-state index in [9.17, 15) is 9.90 Å². The molecule has 24 heavy (non-hydrogen) atoms. The monoisotopic (exact) mass is 334 g/mol. The summed E-state index contributed by atoms with van der Waals surface area (Å²) < 4.78 is 5.37. The molecular formula is C19H30N2O3. The molecule has 1 fully saturated rings. The molecule has 1 saturated heterocycles. The number of amides is 1. The highest BCUT2D eigenvalue weighted by Gasteiger charge is 2.21. The average molecular weight is 334 g/mol. The molecular weight excluding hydrogens is 304 g/mol. The molecule has 5 nitrogen and oxygen atoms in total. The molecule has 0 saturated carbocycles. The Labute approximate surface area is 145 Å². The van der Waals surface area contributed by atoms with Crippen molar-refractivity contribution in [3.8, 4) is 0 Å². The number of aliphatic hydroxyl groups excluding tert-OH is 1. The first-order valence-electron chi connectivity index (χ1n) is 8.71. The van der Waals surface area contributed by atoms with Crippen LogP contribution >= 0.6 is 0 Å². The predicted molar refractivity (Wildman–Crippen MR) is 95.0 cm³/mol. The molecule has 2 rings (SSSR count). The lowest BCUT2D eigenvalue weighted by molar-refractivity contribution is 0.0342. The molecule has 1 unspecified atom stereocenters. The molecule has 1 amide bonds. The van der Waals surface area contributed by atoms with E-state index in [1.807, 2.05) is 18.2 Å². The molecule has 0 aromatic heterocycles. The molecule has 0 bridgehead atoms. The summed E-state index contributed by atoms with van der Waals surface area (Å²) in [5, 5.41) is 12.5. The van der Waals surface area contributed by atoms with Gasteiger partial charge in [0.05, 0.1) is 19.3 Å². The van der Waals surface area contributed by atoms with Crippen molar-refractivity contribution in [3.05, 3.63) is 35.4 Å². The lowest BCUT2D eigenvalue weighted by Gasteiger charge is -2.27. The van der Waals surface area contributed by atoms with Crippen molar-refractivity contribution in [2.75, 3.05) is 32.8 Å². The molecule has 0 spiro atoms. The highest BCUT2D eigenvalue weighted by molar-refractivity contribution is 5.94. The third-order valence-electron chi connectivity index (χ3n) is 4.27. The number of morpholine rings is 1. The Bertz CT molecular complexity index is 537. The van der Waals surface area contributed by atoms with Crippen LogP contribution in [-0.2, 0) is 11.3 Å². The number of carbonyl (C=O) groups is 1. The maximum absolute atomic E-state index is 12.4. The van der Waals surface area contributed by atoms with E-state index in [1.54, 1.807) is 6.92 Å². The first-order valence-corrected chi connectivity index (χ1v) is 8.71. The summed E-state index contributed by atoms with van der Waals surface area (Å²) in [7, 11) is 0. The van der Waals surface area contributed by atoms with E-state index >= 15 is 0 Å². The molecule has 1 aromatic rings. The van der Waals surface area contributed by atoms with Gasteiger partial charge in [0.1, 0.15) is 0 Å². The SMILES string of the molecule is CC(O)CC(C)(C)CNC(=O)c1cccc(CN2CCOCC2)c1. The van der Waals surface area contributed by atoms with Crippen LogP contribution in [0.5, 0.6) is 0 Å². The maximum atomic E-state index is 12.4. The summed E-state index contributed by atoms with van der Waals surface area (Å²) in [6, 6.07) is 7.81. The van der Waals surface area contributed by atoms with Crippen LogP contribution in [0.25, 0.3) is 0 Å². The standard InChI is InChI=1S/C19H30N2O3/c1-15(22)12-19(2,3)14-20-18(23)17-6-4-5-16(11-17)13-21-7-9-24-10-8-21/h4-6,11,15,22H,7-10,12-14H2,1-3H3,(H,20,23). The minimum atomic E-state index is -0.367. The smallest absolute Gasteiger partial charge is 0.251 e. The quantitative estimate of drug-likeness (QED) is 0.801. The largest absolute Gasteiger partial charge is 0.393 e. The van der Waals surface area contributed by atoms with E-state index in [4.69, 9.17) is 4.74 Å². The van der Waals surface area contributed by atoms with Gasteiger partial charge in [-0.3, -0.25) is 9.69 Å². The average Bonchev–Trinajstić information content (AvgIpc) is 2.53. The van der Waals surface area contributed by atoms with Gasteiger partial charge in [0.25, 0.3) is 5.91 Å². The van der Waals surface area contributed by atoms with Crippen molar-refractivity contribution in [2.45, 2.75) is 39.8 Å². The van der Waals surface area contributed by atoms with E-state index in [0.717, 1.165) is 38.4 Å². The van der Waals surface area contributed by atoms with Gasteiger partial charge in [-0.25, -0.2) is 0 Å². The van der Waals surface area contributed by atoms with Gasteiger partial charge in [-0.2, -0.15) is 0 Å². The molecule has 134 valence electrons. The first kappa shape index (κ1) is 18.9. The first-order chi connectivity index (χ1) is 11.4. The number of nitrogens with zero attached hydrogens (tertiary/aromatic N) is 1. The van der Waals surface area contributed by atoms with Crippen LogP contribution in [0.4, 0.5) is 0 Å². The second-order valence-corrected chi connectivity index (χ2v) is 7.49. The van der Waals surface area contributed by atoms with Crippen molar-refractivity contribution in [1.82, 2.24) is 10.2 Å². The lowest BCUT2D eigenvalue weighted by Crippen LogP contribution is -2.36. The number of ether oxygens (including phenoxy) is 1. The van der Waals surface area contributed by atoms with Crippen LogP contribution in [0.2, 0.25) is 0 Å². The number of aliphatic hydroxyl groups is 1. The van der Waals surface area contributed by atoms with Crippen LogP contribution in [0.3, 0.4) is 0 Å². The van der Waals surface area contributed by atoms with Gasteiger partial charge in [0.2, 0.25) is 0 Å². The van der Waals surface area contributed by atoms with Crippen molar-refractivity contribution in [3.63, 3.8) is 0 Å². The minimum Gasteiger partial charge on any atom is -0.393 e. The summed E-state index contributed by atoms with van der Waals surface area (Å²) >= 11 is 0. The fourth-order valence-corrected chi connectivity index (χ4v) is 3.12. The summed E-state index contributed by atoms with van der Waals surface area (Å²) in [6.07, 6.45) is 0.290. The maximum Gasteiger partial charge on any atom is 0.251 e. The predicted octanol–water partition coefficient (Wildman–Crippen LogP) is 2.05. The molecule has 2 N–H and O–H groups in total. The topological polar surface area (TPSA) is 61.8 Å². The molecule has 0 aliphatic carbocycles. The number of hydrogen-bond acceptors (Lipinski definition) is 4. The normalized spacial score (nSPS) is 17.5. The van der Waals surface area contributed by atoms with Crippen molar-refractivity contribution < 1.29 is 14.6 Å². The number of rotatable bonds is 7. The Hall–Kier alpha value is -1.43. The zero-order valence-electron chi connectivity index (χ0n) is 15.0. The second-order valence-electron chi connectivity index (χ2n) is 7.49. The molecule has 0 radical (unpaired) electrons. The van der Waals surface area contributed by atoms with Gasteiger partial charge in [0, 0.05) is 31.7 Å².